The van der Waals surface area contributed by atoms with Gasteiger partial charge in [-0.15, -0.1) is 0 Å². The Labute approximate surface area is 393 Å². The van der Waals surface area contributed by atoms with Gasteiger partial charge in [0.15, 0.2) is 6.10 Å². The van der Waals surface area contributed by atoms with Gasteiger partial charge in [-0.2, -0.15) is 0 Å². The summed E-state index contributed by atoms with van der Waals surface area (Å²) in [5, 5.41) is 0. The van der Waals surface area contributed by atoms with Crippen LogP contribution in [0.4, 0.5) is 0 Å². The average molecular weight is 892 g/mol. The van der Waals surface area contributed by atoms with Gasteiger partial charge in [-0.25, -0.2) is 0 Å². The van der Waals surface area contributed by atoms with E-state index in [1.165, 1.54) is 231 Å². The van der Waals surface area contributed by atoms with Crippen molar-refractivity contribution in [1.82, 2.24) is 0 Å². The lowest BCUT2D eigenvalue weighted by Crippen LogP contribution is -2.30. The molecule has 0 saturated heterocycles. The third-order valence-corrected chi connectivity index (χ3v) is 13.1. The first-order valence-corrected chi connectivity index (χ1v) is 28.5. The SMILES string of the molecule is CCCCCCCCCCCCCCCCCCCC(=O)OCC(COC(=O)CCCCCCCCCCCCCCC)OC(=O)CCCCCCCCCCCCCCCCC. The molecule has 0 rings (SSSR count). The molecule has 0 radical (unpaired) electrons. The second-order valence-electron chi connectivity index (χ2n) is 19.6. The van der Waals surface area contributed by atoms with Gasteiger partial charge in [0.1, 0.15) is 13.2 Å². The Bertz CT molecular complexity index is 936. The van der Waals surface area contributed by atoms with Gasteiger partial charge in [-0.3, -0.25) is 14.4 Å². The predicted octanol–water partition coefficient (Wildman–Crippen LogP) is 18.8. The molecule has 0 spiro atoms. The highest BCUT2D eigenvalue weighted by molar-refractivity contribution is 5.71. The molecular formula is C57H110O6. The maximum atomic E-state index is 12.8. The summed E-state index contributed by atoms with van der Waals surface area (Å²) in [5.41, 5.74) is 0. The van der Waals surface area contributed by atoms with E-state index in [1.54, 1.807) is 0 Å². The quantitative estimate of drug-likeness (QED) is 0.0344. The van der Waals surface area contributed by atoms with Crippen LogP contribution >= 0.6 is 0 Å². The molecule has 0 aliphatic carbocycles. The van der Waals surface area contributed by atoms with Crippen molar-refractivity contribution >= 4 is 17.9 Å². The van der Waals surface area contributed by atoms with E-state index in [0.29, 0.717) is 19.3 Å². The minimum absolute atomic E-state index is 0.0611. The van der Waals surface area contributed by atoms with Gasteiger partial charge < -0.3 is 14.2 Å². The molecule has 0 heterocycles. The molecule has 0 aliphatic rings. The molecule has 63 heavy (non-hydrogen) atoms. The minimum Gasteiger partial charge on any atom is -0.462 e. The summed E-state index contributed by atoms with van der Waals surface area (Å²) < 4.78 is 16.9. The van der Waals surface area contributed by atoms with E-state index in [2.05, 4.69) is 20.8 Å². The van der Waals surface area contributed by atoms with Gasteiger partial charge in [0.25, 0.3) is 0 Å². The lowest BCUT2D eigenvalue weighted by Gasteiger charge is -2.18. The van der Waals surface area contributed by atoms with Gasteiger partial charge in [-0.05, 0) is 19.3 Å². The first-order chi connectivity index (χ1) is 31.0. The molecule has 0 amide bonds. The number of hydrogen-bond donors (Lipinski definition) is 0. The van der Waals surface area contributed by atoms with Crippen LogP contribution in [0.3, 0.4) is 0 Å². The first kappa shape index (κ1) is 61.4. The normalized spacial score (nSPS) is 11.9. The van der Waals surface area contributed by atoms with Crippen molar-refractivity contribution in [2.75, 3.05) is 13.2 Å². The summed E-state index contributed by atoms with van der Waals surface area (Å²) in [6.07, 6.45) is 58.0. The van der Waals surface area contributed by atoms with Crippen LogP contribution in [0.1, 0.15) is 329 Å². The largest absolute Gasteiger partial charge is 0.462 e. The van der Waals surface area contributed by atoms with Crippen LogP contribution in [-0.4, -0.2) is 37.2 Å². The highest BCUT2D eigenvalue weighted by Gasteiger charge is 2.19. The maximum absolute atomic E-state index is 12.8. The van der Waals surface area contributed by atoms with Gasteiger partial charge in [-0.1, -0.05) is 290 Å². The topological polar surface area (TPSA) is 78.9 Å². The molecule has 1 atom stereocenters. The Morgan fingerprint density at radius 2 is 0.429 bits per heavy atom. The van der Waals surface area contributed by atoms with Gasteiger partial charge in [0.2, 0.25) is 0 Å². The molecular weight excluding hydrogens is 781 g/mol. The minimum atomic E-state index is -0.760. The van der Waals surface area contributed by atoms with Crippen molar-refractivity contribution in [3.05, 3.63) is 0 Å². The fourth-order valence-electron chi connectivity index (χ4n) is 8.80. The molecule has 0 aromatic carbocycles. The van der Waals surface area contributed by atoms with Crippen LogP contribution in [0.25, 0.3) is 0 Å². The molecule has 6 nitrogen and oxygen atoms in total. The number of hydrogen-bond acceptors (Lipinski definition) is 6. The third-order valence-electron chi connectivity index (χ3n) is 13.1. The van der Waals surface area contributed by atoms with Crippen LogP contribution in [0.5, 0.6) is 0 Å². The van der Waals surface area contributed by atoms with Crippen molar-refractivity contribution in [1.29, 1.82) is 0 Å². The van der Waals surface area contributed by atoms with Crippen LogP contribution < -0.4 is 0 Å². The zero-order chi connectivity index (χ0) is 45.8. The van der Waals surface area contributed by atoms with Crippen molar-refractivity contribution in [3.63, 3.8) is 0 Å². The second kappa shape index (κ2) is 53.0. The summed E-state index contributed by atoms with van der Waals surface area (Å²) in [5.74, 6) is -0.833. The summed E-state index contributed by atoms with van der Waals surface area (Å²) in [7, 11) is 0. The summed E-state index contributed by atoms with van der Waals surface area (Å²) in [6, 6.07) is 0. The van der Waals surface area contributed by atoms with Crippen LogP contribution in [-0.2, 0) is 28.6 Å². The van der Waals surface area contributed by atoms with Crippen molar-refractivity contribution in [2.24, 2.45) is 0 Å². The van der Waals surface area contributed by atoms with E-state index in [9.17, 15) is 14.4 Å². The van der Waals surface area contributed by atoms with Gasteiger partial charge in [0.05, 0.1) is 0 Å². The number of carbonyl (C=O) groups excluding carboxylic acids is 3. The number of unbranched alkanes of at least 4 members (excludes halogenated alkanes) is 42. The standard InChI is InChI=1S/C57H110O6/c1-4-7-10-13-16-19-22-25-27-28-30-32-35-38-41-44-47-50-56(59)62-53-54(52-61-55(58)49-46-43-40-37-34-31-24-21-18-15-12-9-6-3)63-57(60)51-48-45-42-39-36-33-29-26-23-20-17-14-11-8-5-2/h54H,4-53H2,1-3H3. The molecule has 374 valence electrons. The smallest absolute Gasteiger partial charge is 0.306 e. The molecule has 0 bridgehead atoms. The van der Waals surface area contributed by atoms with E-state index >= 15 is 0 Å². The van der Waals surface area contributed by atoms with E-state index in [-0.39, 0.29) is 31.1 Å². The average Bonchev–Trinajstić information content (AvgIpc) is 3.28. The third kappa shape index (κ3) is 51.3. The zero-order valence-corrected chi connectivity index (χ0v) is 42.9. The van der Waals surface area contributed by atoms with Crippen LogP contribution in [0, 0.1) is 0 Å². The zero-order valence-electron chi connectivity index (χ0n) is 42.9. The van der Waals surface area contributed by atoms with Gasteiger partial charge in [0, 0.05) is 19.3 Å². The molecule has 0 fully saturated rings. The molecule has 0 N–H and O–H groups in total. The number of rotatable bonds is 53. The monoisotopic (exact) mass is 891 g/mol. The van der Waals surface area contributed by atoms with Crippen LogP contribution in [0.2, 0.25) is 0 Å². The molecule has 1 unspecified atom stereocenters. The van der Waals surface area contributed by atoms with Crippen molar-refractivity contribution in [2.45, 2.75) is 335 Å². The predicted molar refractivity (Wildman–Crippen MR) is 270 cm³/mol. The van der Waals surface area contributed by atoms with Gasteiger partial charge >= 0.3 is 17.9 Å². The Hall–Kier alpha value is -1.59. The lowest BCUT2D eigenvalue weighted by molar-refractivity contribution is -0.167. The Morgan fingerprint density at radius 1 is 0.254 bits per heavy atom. The Kier molecular flexibility index (Phi) is 51.7. The number of esters is 3. The molecule has 0 aliphatic heterocycles. The van der Waals surface area contributed by atoms with E-state index in [0.717, 1.165) is 57.8 Å². The molecule has 0 aromatic heterocycles. The van der Waals surface area contributed by atoms with Crippen molar-refractivity contribution in [3.8, 4) is 0 Å². The van der Waals surface area contributed by atoms with E-state index in [4.69, 9.17) is 14.2 Å². The fraction of sp³-hybridized carbons (Fsp3) is 0.947. The summed E-state index contributed by atoms with van der Waals surface area (Å²) >= 11 is 0. The maximum Gasteiger partial charge on any atom is 0.306 e. The number of carbonyl (C=O) groups is 3. The fourth-order valence-corrected chi connectivity index (χ4v) is 8.80. The Morgan fingerprint density at radius 3 is 0.635 bits per heavy atom. The first-order valence-electron chi connectivity index (χ1n) is 28.5. The summed E-state index contributed by atoms with van der Waals surface area (Å²) in [6.45, 7) is 6.70. The molecule has 0 aromatic rings. The highest BCUT2D eigenvalue weighted by atomic mass is 16.6. The summed E-state index contributed by atoms with van der Waals surface area (Å²) in [4.78, 5) is 38.1. The van der Waals surface area contributed by atoms with E-state index in [1.807, 2.05) is 0 Å². The second-order valence-corrected chi connectivity index (χ2v) is 19.6. The number of ether oxygens (including phenoxy) is 3. The van der Waals surface area contributed by atoms with Crippen molar-refractivity contribution < 1.29 is 28.6 Å². The van der Waals surface area contributed by atoms with E-state index < -0.39 is 6.10 Å². The molecule has 6 heteroatoms. The Balaban J connectivity index is 4.28. The highest BCUT2D eigenvalue weighted by Crippen LogP contribution is 2.17. The molecule has 0 saturated carbocycles. The lowest BCUT2D eigenvalue weighted by atomic mass is 10.0. The van der Waals surface area contributed by atoms with Crippen LogP contribution in [0.15, 0.2) is 0 Å².